The van der Waals surface area contributed by atoms with E-state index in [0.717, 1.165) is 50.4 Å². The van der Waals surface area contributed by atoms with Crippen molar-refractivity contribution >= 4 is 64.2 Å². The zero-order valence-electron chi connectivity index (χ0n) is 29.1. The van der Waals surface area contributed by atoms with Crippen LogP contribution < -0.4 is 0 Å². The van der Waals surface area contributed by atoms with Crippen molar-refractivity contribution in [3.05, 3.63) is 188 Å². The number of rotatable bonds is 5. The van der Waals surface area contributed by atoms with Gasteiger partial charge in [-0.15, -0.1) is 11.3 Å². The van der Waals surface area contributed by atoms with Crippen LogP contribution in [0.2, 0.25) is 0 Å². The van der Waals surface area contributed by atoms with Gasteiger partial charge >= 0.3 is 0 Å². The summed E-state index contributed by atoms with van der Waals surface area (Å²) in [4.78, 5) is 10.2. The Morgan fingerprint density at radius 2 is 0.963 bits per heavy atom. The van der Waals surface area contributed by atoms with Gasteiger partial charge in [0.15, 0.2) is 5.82 Å². The number of nitrogens with zero attached hydrogens (tertiary/aromatic N) is 3. The molecule has 11 aromatic rings. The number of aromatic nitrogens is 3. The highest BCUT2D eigenvalue weighted by atomic mass is 32.1. The van der Waals surface area contributed by atoms with Crippen LogP contribution >= 0.6 is 11.3 Å². The van der Waals surface area contributed by atoms with Crippen LogP contribution in [-0.2, 0) is 0 Å². The second-order valence-corrected chi connectivity index (χ2v) is 14.9. The molecule has 3 nitrogen and oxygen atoms in total. The molecular weight excluding hydrogens is 675 g/mol. The quantitative estimate of drug-likeness (QED) is 0.178. The Bertz CT molecular complexity index is 3230. The van der Waals surface area contributed by atoms with Gasteiger partial charge in [0, 0.05) is 53.1 Å². The molecule has 3 aromatic heterocycles. The topological polar surface area (TPSA) is 30.7 Å². The van der Waals surface area contributed by atoms with E-state index in [0.29, 0.717) is 0 Å². The average molecular weight is 706 g/mol. The fourth-order valence-corrected chi connectivity index (χ4v) is 9.11. The lowest BCUT2D eigenvalue weighted by molar-refractivity contribution is 1.18. The van der Waals surface area contributed by atoms with Gasteiger partial charge in [-0.25, -0.2) is 9.97 Å². The molecule has 0 atom stereocenters. The largest absolute Gasteiger partial charge is 0.309 e. The molecule has 0 aliphatic heterocycles. The number of hydrogen-bond acceptors (Lipinski definition) is 3. The van der Waals surface area contributed by atoms with E-state index in [1.807, 2.05) is 29.5 Å². The van der Waals surface area contributed by atoms with E-state index in [1.165, 1.54) is 53.1 Å². The molecular formula is C50H31N3S. The lowest BCUT2D eigenvalue weighted by Gasteiger charge is -2.12. The summed E-state index contributed by atoms with van der Waals surface area (Å²) in [6.45, 7) is 0. The third-order valence-corrected chi connectivity index (χ3v) is 11.7. The van der Waals surface area contributed by atoms with Gasteiger partial charge in [-0.2, -0.15) is 0 Å². The minimum absolute atomic E-state index is 0.718. The number of thiophene rings is 1. The van der Waals surface area contributed by atoms with Crippen LogP contribution in [0.1, 0.15) is 0 Å². The summed E-state index contributed by atoms with van der Waals surface area (Å²) in [7, 11) is 0. The number of fused-ring (bicyclic) bond motifs is 7. The van der Waals surface area contributed by atoms with E-state index in [4.69, 9.17) is 9.97 Å². The van der Waals surface area contributed by atoms with Crippen molar-refractivity contribution in [1.29, 1.82) is 0 Å². The third-order valence-electron chi connectivity index (χ3n) is 10.6. The third kappa shape index (κ3) is 5.03. The van der Waals surface area contributed by atoms with E-state index in [9.17, 15) is 0 Å². The van der Waals surface area contributed by atoms with E-state index in [-0.39, 0.29) is 0 Å². The van der Waals surface area contributed by atoms with Crippen molar-refractivity contribution in [2.45, 2.75) is 0 Å². The monoisotopic (exact) mass is 705 g/mol. The first-order valence-electron chi connectivity index (χ1n) is 18.2. The molecule has 0 N–H and O–H groups in total. The van der Waals surface area contributed by atoms with Gasteiger partial charge in [0.2, 0.25) is 0 Å². The van der Waals surface area contributed by atoms with Crippen molar-refractivity contribution in [1.82, 2.24) is 14.5 Å². The standard InChI is InChI=1S/C50H31N3S/c1-2-12-32(13-3-1)49-41-20-4-7-21-44(41)51-50(52-49)37-16-10-14-33(28-37)34-15-11-17-38(29-34)53-45-22-8-5-18-39(45)42-30-35(24-26-46(42)53)36-25-27-48-43(31-36)40-19-6-9-23-47(40)54-48/h1-31H. The van der Waals surface area contributed by atoms with Crippen LogP contribution in [-0.4, -0.2) is 14.5 Å². The first-order valence-corrected chi connectivity index (χ1v) is 19.1. The molecule has 0 radical (unpaired) electrons. The van der Waals surface area contributed by atoms with Gasteiger partial charge in [0.05, 0.1) is 22.2 Å². The predicted molar refractivity (Wildman–Crippen MR) is 229 cm³/mol. The van der Waals surface area contributed by atoms with Gasteiger partial charge in [-0.05, 0) is 82.9 Å². The highest BCUT2D eigenvalue weighted by Gasteiger charge is 2.16. The maximum Gasteiger partial charge on any atom is 0.160 e. The molecule has 0 bridgehead atoms. The van der Waals surface area contributed by atoms with Crippen molar-refractivity contribution in [2.24, 2.45) is 0 Å². The molecule has 252 valence electrons. The van der Waals surface area contributed by atoms with Crippen LogP contribution in [0.5, 0.6) is 0 Å². The zero-order chi connectivity index (χ0) is 35.6. The Labute approximate surface area is 316 Å². The molecule has 0 saturated heterocycles. The fraction of sp³-hybridized carbons (Fsp3) is 0. The van der Waals surface area contributed by atoms with Crippen LogP contribution in [0.15, 0.2) is 188 Å². The van der Waals surface area contributed by atoms with E-state index in [2.05, 4.69) is 174 Å². The van der Waals surface area contributed by atoms with E-state index >= 15 is 0 Å². The SMILES string of the molecule is c1ccc(-c2nc(-c3cccc(-c4cccc(-n5c6ccccc6c6cc(-c7ccc8sc9ccccc9c8c7)ccc65)c4)c3)nc3ccccc23)cc1. The fourth-order valence-electron chi connectivity index (χ4n) is 8.02. The molecule has 0 unspecified atom stereocenters. The Kier molecular flexibility index (Phi) is 7.04. The summed E-state index contributed by atoms with van der Waals surface area (Å²) in [5, 5.41) is 6.18. The normalized spacial score (nSPS) is 11.7. The van der Waals surface area contributed by atoms with Crippen LogP contribution in [0, 0.1) is 0 Å². The average Bonchev–Trinajstić information content (AvgIpc) is 3.79. The minimum Gasteiger partial charge on any atom is -0.309 e. The van der Waals surface area contributed by atoms with Gasteiger partial charge < -0.3 is 4.57 Å². The highest BCUT2D eigenvalue weighted by Crippen LogP contribution is 2.39. The van der Waals surface area contributed by atoms with Crippen molar-refractivity contribution < 1.29 is 0 Å². The van der Waals surface area contributed by atoms with E-state index < -0.39 is 0 Å². The molecule has 0 spiro atoms. The predicted octanol–water partition coefficient (Wildman–Crippen LogP) is 13.8. The Hall–Kier alpha value is -6.88. The Morgan fingerprint density at radius 1 is 0.352 bits per heavy atom. The van der Waals surface area contributed by atoms with Crippen LogP contribution in [0.25, 0.3) is 103 Å². The molecule has 0 aliphatic rings. The maximum absolute atomic E-state index is 5.14. The summed E-state index contributed by atoms with van der Waals surface area (Å²) in [5.41, 5.74) is 12.1. The summed E-state index contributed by atoms with van der Waals surface area (Å²) in [6.07, 6.45) is 0. The van der Waals surface area contributed by atoms with Crippen molar-refractivity contribution in [2.75, 3.05) is 0 Å². The highest BCUT2D eigenvalue weighted by molar-refractivity contribution is 7.25. The Balaban J connectivity index is 1.01. The molecule has 4 heteroatoms. The number of hydrogen-bond donors (Lipinski definition) is 0. The van der Waals surface area contributed by atoms with Crippen LogP contribution in [0.3, 0.4) is 0 Å². The van der Waals surface area contributed by atoms with Crippen molar-refractivity contribution in [3.8, 4) is 50.6 Å². The Morgan fingerprint density at radius 3 is 1.85 bits per heavy atom. The van der Waals surface area contributed by atoms with Crippen LogP contribution in [0.4, 0.5) is 0 Å². The van der Waals surface area contributed by atoms with Gasteiger partial charge in [0.1, 0.15) is 0 Å². The van der Waals surface area contributed by atoms with Gasteiger partial charge in [0.25, 0.3) is 0 Å². The summed E-state index contributed by atoms with van der Waals surface area (Å²) in [6, 6.07) is 67.4. The molecule has 54 heavy (non-hydrogen) atoms. The molecule has 11 rings (SSSR count). The summed E-state index contributed by atoms with van der Waals surface area (Å²) in [5.74, 6) is 0.718. The molecule has 0 aliphatic carbocycles. The number of para-hydroxylation sites is 2. The maximum atomic E-state index is 5.14. The summed E-state index contributed by atoms with van der Waals surface area (Å²) < 4.78 is 5.05. The second-order valence-electron chi connectivity index (χ2n) is 13.8. The minimum atomic E-state index is 0.718. The lowest BCUT2D eigenvalue weighted by Crippen LogP contribution is -1.96. The molecule has 3 heterocycles. The molecule has 8 aromatic carbocycles. The first kappa shape index (κ1) is 30.7. The van der Waals surface area contributed by atoms with E-state index in [1.54, 1.807) is 0 Å². The van der Waals surface area contributed by atoms with Crippen molar-refractivity contribution in [3.63, 3.8) is 0 Å². The first-order chi connectivity index (χ1) is 26.7. The lowest BCUT2D eigenvalue weighted by atomic mass is 10.0. The molecule has 0 amide bonds. The second kappa shape index (κ2) is 12.4. The zero-order valence-corrected chi connectivity index (χ0v) is 30.0. The smallest absolute Gasteiger partial charge is 0.160 e. The molecule has 0 fully saturated rings. The number of benzene rings is 8. The van der Waals surface area contributed by atoms with Gasteiger partial charge in [-0.1, -0.05) is 127 Å². The van der Waals surface area contributed by atoms with Gasteiger partial charge in [-0.3, -0.25) is 0 Å². The molecule has 0 saturated carbocycles. The summed E-state index contributed by atoms with van der Waals surface area (Å²) >= 11 is 1.86.